The van der Waals surface area contributed by atoms with E-state index >= 15 is 0 Å². The SMILES string of the molecule is Cc1cc(N[C@H](C)c2ccc3[nH]c(=O)[nH]c3c2)nc(C)n1. The molecule has 0 aliphatic heterocycles. The first-order valence-electron chi connectivity index (χ1n) is 6.82. The highest BCUT2D eigenvalue weighted by Gasteiger charge is 2.09. The number of aromatic nitrogens is 4. The fraction of sp³-hybridized carbons (Fsp3) is 0.267. The van der Waals surface area contributed by atoms with Crippen molar-refractivity contribution in [2.75, 3.05) is 5.32 Å². The third-order valence-corrected chi connectivity index (χ3v) is 3.37. The predicted octanol–water partition coefficient (Wildman–Crippen LogP) is 2.44. The highest BCUT2D eigenvalue weighted by Crippen LogP contribution is 2.21. The van der Waals surface area contributed by atoms with E-state index in [9.17, 15) is 4.79 Å². The van der Waals surface area contributed by atoms with Crippen molar-refractivity contribution in [2.45, 2.75) is 26.8 Å². The molecule has 0 bridgehead atoms. The summed E-state index contributed by atoms with van der Waals surface area (Å²) in [6.07, 6.45) is 0. The van der Waals surface area contributed by atoms with Crippen LogP contribution in [-0.2, 0) is 0 Å². The lowest BCUT2D eigenvalue weighted by atomic mass is 10.1. The summed E-state index contributed by atoms with van der Waals surface area (Å²) >= 11 is 0. The molecular formula is C15H17N5O. The van der Waals surface area contributed by atoms with E-state index < -0.39 is 0 Å². The number of fused-ring (bicyclic) bond motifs is 1. The van der Waals surface area contributed by atoms with E-state index in [0.29, 0.717) is 0 Å². The van der Waals surface area contributed by atoms with Crippen LogP contribution in [0.3, 0.4) is 0 Å². The molecule has 6 nitrogen and oxygen atoms in total. The largest absolute Gasteiger partial charge is 0.363 e. The Hall–Kier alpha value is -2.63. The molecule has 0 unspecified atom stereocenters. The third-order valence-electron chi connectivity index (χ3n) is 3.37. The van der Waals surface area contributed by atoms with Gasteiger partial charge in [-0.2, -0.15) is 0 Å². The number of nitrogens with one attached hydrogen (secondary N) is 3. The lowest BCUT2D eigenvalue weighted by Crippen LogP contribution is -2.09. The lowest BCUT2D eigenvalue weighted by Gasteiger charge is -2.15. The fourth-order valence-corrected chi connectivity index (χ4v) is 2.42. The first kappa shape index (κ1) is 13.4. The van der Waals surface area contributed by atoms with Gasteiger partial charge in [0.05, 0.1) is 17.1 Å². The molecule has 1 atom stereocenters. The van der Waals surface area contributed by atoms with Crippen LogP contribution in [0, 0.1) is 13.8 Å². The van der Waals surface area contributed by atoms with Gasteiger partial charge >= 0.3 is 5.69 Å². The van der Waals surface area contributed by atoms with Crippen molar-refractivity contribution >= 4 is 16.9 Å². The Morgan fingerprint density at radius 2 is 1.86 bits per heavy atom. The number of aromatic amines is 2. The molecule has 0 saturated carbocycles. The van der Waals surface area contributed by atoms with Gasteiger partial charge in [0.15, 0.2) is 0 Å². The van der Waals surface area contributed by atoms with E-state index in [2.05, 4.69) is 32.2 Å². The maximum Gasteiger partial charge on any atom is 0.323 e. The number of anilines is 1. The standard InChI is InChI=1S/C15H17N5O/c1-8-6-14(18-10(3)16-8)17-9(2)11-4-5-12-13(7-11)20-15(21)19-12/h4-7,9H,1-3H3,(H,16,17,18)(H2,19,20,21)/t9-/m1/s1. The quantitative estimate of drug-likeness (QED) is 0.689. The number of benzene rings is 1. The van der Waals surface area contributed by atoms with Crippen LogP contribution in [0.15, 0.2) is 29.1 Å². The van der Waals surface area contributed by atoms with Crippen molar-refractivity contribution in [2.24, 2.45) is 0 Å². The van der Waals surface area contributed by atoms with E-state index in [-0.39, 0.29) is 11.7 Å². The Morgan fingerprint density at radius 1 is 1.10 bits per heavy atom. The Morgan fingerprint density at radius 3 is 2.62 bits per heavy atom. The van der Waals surface area contributed by atoms with Crippen molar-refractivity contribution in [3.8, 4) is 0 Å². The zero-order valence-electron chi connectivity index (χ0n) is 12.2. The number of imidazole rings is 1. The third kappa shape index (κ3) is 2.79. The number of hydrogen-bond donors (Lipinski definition) is 3. The van der Waals surface area contributed by atoms with Crippen LogP contribution in [0.1, 0.15) is 30.0 Å². The Balaban J connectivity index is 1.88. The van der Waals surface area contributed by atoms with E-state index in [0.717, 1.165) is 33.9 Å². The summed E-state index contributed by atoms with van der Waals surface area (Å²) in [5, 5.41) is 3.36. The van der Waals surface area contributed by atoms with Gasteiger partial charge in [0.25, 0.3) is 0 Å². The van der Waals surface area contributed by atoms with Crippen molar-refractivity contribution in [3.05, 3.63) is 51.8 Å². The Bertz CT molecular complexity index is 828. The van der Waals surface area contributed by atoms with Crippen LogP contribution in [-0.4, -0.2) is 19.9 Å². The minimum atomic E-state index is -0.190. The maximum absolute atomic E-state index is 11.3. The molecule has 0 fully saturated rings. The first-order valence-corrected chi connectivity index (χ1v) is 6.82. The van der Waals surface area contributed by atoms with Gasteiger partial charge in [0.1, 0.15) is 11.6 Å². The van der Waals surface area contributed by atoms with Gasteiger partial charge in [0, 0.05) is 11.8 Å². The normalized spacial score (nSPS) is 12.5. The lowest BCUT2D eigenvalue weighted by molar-refractivity contribution is 0.865. The topological polar surface area (TPSA) is 86.5 Å². The molecule has 108 valence electrons. The highest BCUT2D eigenvalue weighted by atomic mass is 16.1. The molecule has 1 aromatic carbocycles. The van der Waals surface area contributed by atoms with Crippen LogP contribution in [0.2, 0.25) is 0 Å². The number of rotatable bonds is 3. The Kier molecular flexibility index (Phi) is 3.21. The summed E-state index contributed by atoms with van der Waals surface area (Å²) in [4.78, 5) is 25.4. The molecule has 0 amide bonds. The maximum atomic E-state index is 11.3. The summed E-state index contributed by atoms with van der Waals surface area (Å²) in [6.45, 7) is 5.87. The average Bonchev–Trinajstić information content (AvgIpc) is 2.76. The first-order chi connectivity index (χ1) is 10.0. The molecule has 0 spiro atoms. The second-order valence-corrected chi connectivity index (χ2v) is 5.19. The molecule has 3 aromatic rings. The summed E-state index contributed by atoms with van der Waals surface area (Å²) in [7, 11) is 0. The van der Waals surface area contributed by atoms with E-state index in [4.69, 9.17) is 0 Å². The van der Waals surface area contributed by atoms with Gasteiger partial charge in [-0.25, -0.2) is 14.8 Å². The molecular weight excluding hydrogens is 266 g/mol. The molecule has 0 saturated heterocycles. The molecule has 0 radical (unpaired) electrons. The average molecular weight is 283 g/mol. The molecule has 0 aliphatic carbocycles. The summed E-state index contributed by atoms with van der Waals surface area (Å²) in [6, 6.07) is 7.84. The molecule has 2 heterocycles. The predicted molar refractivity (Wildman–Crippen MR) is 82.5 cm³/mol. The number of H-pyrrole nitrogens is 2. The summed E-state index contributed by atoms with van der Waals surface area (Å²) in [5.74, 6) is 1.55. The number of aryl methyl sites for hydroxylation is 2. The van der Waals surface area contributed by atoms with Gasteiger partial charge in [0.2, 0.25) is 0 Å². The number of hydrogen-bond acceptors (Lipinski definition) is 4. The van der Waals surface area contributed by atoms with Crippen molar-refractivity contribution in [1.82, 2.24) is 19.9 Å². The zero-order chi connectivity index (χ0) is 15.0. The molecule has 2 aromatic heterocycles. The zero-order valence-corrected chi connectivity index (χ0v) is 12.2. The van der Waals surface area contributed by atoms with Gasteiger partial charge in [-0.3, -0.25) is 0 Å². The smallest absolute Gasteiger partial charge is 0.323 e. The van der Waals surface area contributed by atoms with Gasteiger partial charge in [-0.1, -0.05) is 6.07 Å². The van der Waals surface area contributed by atoms with Gasteiger partial charge in [-0.05, 0) is 38.5 Å². The van der Waals surface area contributed by atoms with Gasteiger partial charge < -0.3 is 15.3 Å². The van der Waals surface area contributed by atoms with E-state index in [1.165, 1.54) is 0 Å². The van der Waals surface area contributed by atoms with E-state index in [1.54, 1.807) is 0 Å². The second kappa shape index (κ2) is 5.05. The van der Waals surface area contributed by atoms with Gasteiger partial charge in [-0.15, -0.1) is 0 Å². The van der Waals surface area contributed by atoms with Crippen LogP contribution >= 0.6 is 0 Å². The van der Waals surface area contributed by atoms with Crippen molar-refractivity contribution in [3.63, 3.8) is 0 Å². The highest BCUT2D eigenvalue weighted by molar-refractivity contribution is 5.75. The monoisotopic (exact) mass is 283 g/mol. The van der Waals surface area contributed by atoms with Crippen molar-refractivity contribution in [1.29, 1.82) is 0 Å². The molecule has 3 N–H and O–H groups in total. The molecule has 3 rings (SSSR count). The summed E-state index contributed by atoms with van der Waals surface area (Å²) in [5.41, 5.74) is 3.44. The van der Waals surface area contributed by atoms with E-state index in [1.807, 2.05) is 38.1 Å². The Labute approximate surface area is 121 Å². The minimum absolute atomic E-state index is 0.0708. The molecule has 0 aliphatic rings. The summed E-state index contributed by atoms with van der Waals surface area (Å²) < 4.78 is 0. The van der Waals surface area contributed by atoms with Crippen LogP contribution in [0.5, 0.6) is 0 Å². The fourth-order valence-electron chi connectivity index (χ4n) is 2.42. The van der Waals surface area contributed by atoms with Crippen LogP contribution in [0.4, 0.5) is 5.82 Å². The van der Waals surface area contributed by atoms with Crippen LogP contribution < -0.4 is 11.0 Å². The molecule has 6 heteroatoms. The van der Waals surface area contributed by atoms with Crippen molar-refractivity contribution < 1.29 is 0 Å². The van der Waals surface area contributed by atoms with Crippen LogP contribution in [0.25, 0.3) is 11.0 Å². The second-order valence-electron chi connectivity index (χ2n) is 5.19. The number of nitrogens with zero attached hydrogens (tertiary/aromatic N) is 2. The minimum Gasteiger partial charge on any atom is -0.363 e. The molecule has 21 heavy (non-hydrogen) atoms.